The summed E-state index contributed by atoms with van der Waals surface area (Å²) in [5, 5.41) is 0. The van der Waals surface area contributed by atoms with Crippen molar-refractivity contribution in [3.05, 3.63) is 34.9 Å². The van der Waals surface area contributed by atoms with Crippen molar-refractivity contribution < 1.29 is 35.9 Å². The van der Waals surface area contributed by atoms with Crippen LogP contribution in [0.25, 0.3) is 0 Å². The van der Waals surface area contributed by atoms with Crippen LogP contribution in [0.3, 0.4) is 0 Å². The number of hydrogen-bond donors (Lipinski definition) is 0. The molecule has 0 unspecified atom stereocenters. The molecule has 1 rings (SSSR count). The van der Waals surface area contributed by atoms with Gasteiger partial charge in [0.1, 0.15) is 0 Å². The highest BCUT2D eigenvalue weighted by Gasteiger charge is 2.37. The van der Waals surface area contributed by atoms with Gasteiger partial charge in [0.15, 0.2) is 0 Å². The Balaban J connectivity index is 2.74. The van der Waals surface area contributed by atoms with Crippen molar-refractivity contribution in [1.29, 1.82) is 0 Å². The van der Waals surface area contributed by atoms with Crippen molar-refractivity contribution in [3.8, 4) is 0 Å². The molecule has 1 aromatic rings. The van der Waals surface area contributed by atoms with E-state index in [2.05, 4.69) is 6.92 Å². The van der Waals surface area contributed by atoms with E-state index < -0.39 is 35.0 Å². The van der Waals surface area contributed by atoms with Gasteiger partial charge in [-0.1, -0.05) is 39.0 Å². The zero-order valence-corrected chi connectivity index (χ0v) is 13.8. The van der Waals surface area contributed by atoms with Crippen LogP contribution in [-0.2, 0) is 17.1 Å². The van der Waals surface area contributed by atoms with E-state index in [9.17, 15) is 31.1 Å². The van der Waals surface area contributed by atoms with Gasteiger partial charge in [-0.05, 0) is 24.6 Å². The predicted molar refractivity (Wildman–Crippen MR) is 80.1 cm³/mol. The smallest absolute Gasteiger partial charge is 0.416 e. The Morgan fingerprint density at radius 2 is 1.32 bits per heavy atom. The molecule has 0 saturated carbocycles. The molecule has 8 heteroatoms. The van der Waals surface area contributed by atoms with Gasteiger partial charge in [-0.3, -0.25) is 0 Å². The first kappa shape index (κ1) is 21.3. The Bertz CT molecular complexity index is 531. The quantitative estimate of drug-likeness (QED) is 0.307. The fourth-order valence-corrected chi connectivity index (χ4v) is 2.20. The van der Waals surface area contributed by atoms with Gasteiger partial charge in [0, 0.05) is 0 Å². The van der Waals surface area contributed by atoms with Gasteiger partial charge in [0.05, 0.1) is 23.3 Å². The minimum Gasteiger partial charge on any atom is -0.462 e. The highest BCUT2D eigenvalue weighted by molar-refractivity contribution is 5.90. The molecule has 1 aromatic carbocycles. The molecule has 0 saturated heterocycles. The average Bonchev–Trinajstić information content (AvgIpc) is 2.51. The normalized spacial score (nSPS) is 12.3. The maximum absolute atomic E-state index is 12.7. The van der Waals surface area contributed by atoms with Gasteiger partial charge < -0.3 is 4.74 Å². The summed E-state index contributed by atoms with van der Waals surface area (Å²) in [6, 6.07) is 0.724. The van der Waals surface area contributed by atoms with Crippen LogP contribution in [0.15, 0.2) is 18.2 Å². The molecule has 0 heterocycles. The molecule has 0 bridgehead atoms. The van der Waals surface area contributed by atoms with E-state index in [0.29, 0.717) is 18.6 Å². The van der Waals surface area contributed by atoms with Gasteiger partial charge in [-0.25, -0.2) is 4.79 Å². The molecule has 0 spiro atoms. The Morgan fingerprint density at radius 1 is 0.840 bits per heavy atom. The van der Waals surface area contributed by atoms with E-state index in [1.54, 1.807) is 0 Å². The largest absolute Gasteiger partial charge is 0.462 e. The number of benzene rings is 1. The molecule has 0 aliphatic heterocycles. The van der Waals surface area contributed by atoms with Gasteiger partial charge >= 0.3 is 18.3 Å². The van der Waals surface area contributed by atoms with Crippen molar-refractivity contribution in [2.24, 2.45) is 0 Å². The molecular weight excluding hydrogens is 350 g/mol. The minimum absolute atomic E-state index is 0.0233. The maximum Gasteiger partial charge on any atom is 0.416 e. The molecule has 0 aliphatic rings. The molecule has 0 atom stereocenters. The van der Waals surface area contributed by atoms with Crippen LogP contribution in [0.1, 0.15) is 66.9 Å². The van der Waals surface area contributed by atoms with Crippen LogP contribution in [-0.4, -0.2) is 12.6 Å². The van der Waals surface area contributed by atoms with Gasteiger partial charge in [-0.2, -0.15) is 26.3 Å². The maximum atomic E-state index is 12.7. The number of carbonyl (C=O) groups is 1. The molecule has 142 valence electrons. The van der Waals surface area contributed by atoms with E-state index in [1.807, 2.05) is 0 Å². The molecule has 0 aliphatic carbocycles. The average molecular weight is 370 g/mol. The second kappa shape index (κ2) is 9.10. The van der Waals surface area contributed by atoms with Crippen molar-refractivity contribution >= 4 is 5.97 Å². The lowest BCUT2D eigenvalue weighted by Crippen LogP contribution is -2.15. The lowest BCUT2D eigenvalue weighted by Gasteiger charge is -2.14. The number of carbonyl (C=O) groups excluding carboxylic acids is 1. The van der Waals surface area contributed by atoms with Crippen LogP contribution in [0, 0.1) is 0 Å². The van der Waals surface area contributed by atoms with Crippen LogP contribution in [0.2, 0.25) is 0 Å². The number of esters is 1. The summed E-state index contributed by atoms with van der Waals surface area (Å²) in [5.41, 5.74) is -3.82. The molecule has 0 fully saturated rings. The number of ether oxygens (including phenoxy) is 1. The summed E-state index contributed by atoms with van der Waals surface area (Å²) in [5.74, 6) is -1.19. The fraction of sp³-hybridized carbons (Fsp3) is 0.588. The zero-order valence-electron chi connectivity index (χ0n) is 13.8. The summed E-state index contributed by atoms with van der Waals surface area (Å²) in [7, 11) is 0. The summed E-state index contributed by atoms with van der Waals surface area (Å²) in [6.07, 6.45) is -4.55. The van der Waals surface area contributed by atoms with E-state index in [0.717, 1.165) is 32.1 Å². The minimum atomic E-state index is -4.99. The van der Waals surface area contributed by atoms with Crippen molar-refractivity contribution in [2.45, 2.75) is 57.8 Å². The standard InChI is InChI=1S/C17H20F6O2/c1-2-3-4-5-6-7-8-25-15(24)12-9-13(16(18,19)20)11-14(10-12)17(21,22)23/h9-11H,2-8H2,1H3. The first-order chi connectivity index (χ1) is 11.6. The van der Waals surface area contributed by atoms with Crippen LogP contribution < -0.4 is 0 Å². The lowest BCUT2D eigenvalue weighted by atomic mass is 10.0. The molecule has 2 nitrogen and oxygen atoms in total. The number of hydrogen-bond acceptors (Lipinski definition) is 2. The molecule has 0 radical (unpaired) electrons. The van der Waals surface area contributed by atoms with E-state index in [4.69, 9.17) is 4.74 Å². The van der Waals surface area contributed by atoms with Crippen LogP contribution in [0.4, 0.5) is 26.3 Å². The Hall–Kier alpha value is -1.73. The molecule has 0 aromatic heterocycles. The third-order valence-electron chi connectivity index (χ3n) is 3.55. The highest BCUT2D eigenvalue weighted by atomic mass is 19.4. The van der Waals surface area contributed by atoms with Crippen molar-refractivity contribution in [3.63, 3.8) is 0 Å². The van der Waals surface area contributed by atoms with Gasteiger partial charge in [0.25, 0.3) is 0 Å². The second-order valence-corrected chi connectivity index (χ2v) is 5.70. The second-order valence-electron chi connectivity index (χ2n) is 5.70. The zero-order chi connectivity index (χ0) is 19.1. The van der Waals surface area contributed by atoms with Crippen molar-refractivity contribution in [2.75, 3.05) is 6.61 Å². The van der Waals surface area contributed by atoms with Gasteiger partial charge in [0.2, 0.25) is 0 Å². The topological polar surface area (TPSA) is 26.3 Å². The lowest BCUT2D eigenvalue weighted by molar-refractivity contribution is -0.143. The highest BCUT2D eigenvalue weighted by Crippen LogP contribution is 2.36. The fourth-order valence-electron chi connectivity index (χ4n) is 2.20. The number of unbranched alkanes of at least 4 members (excludes halogenated alkanes) is 5. The van der Waals surface area contributed by atoms with Gasteiger partial charge in [-0.15, -0.1) is 0 Å². The van der Waals surface area contributed by atoms with E-state index in [-0.39, 0.29) is 12.7 Å². The summed E-state index contributed by atoms with van der Waals surface area (Å²) < 4.78 is 81.2. The van der Waals surface area contributed by atoms with Crippen LogP contribution >= 0.6 is 0 Å². The number of halogens is 6. The predicted octanol–water partition coefficient (Wildman–Crippen LogP) is 6.24. The monoisotopic (exact) mass is 370 g/mol. The first-order valence-corrected chi connectivity index (χ1v) is 8.02. The molecule has 0 N–H and O–H groups in total. The molecule has 0 amide bonds. The van der Waals surface area contributed by atoms with E-state index >= 15 is 0 Å². The Kier molecular flexibility index (Phi) is 7.76. The van der Waals surface area contributed by atoms with Crippen molar-refractivity contribution in [1.82, 2.24) is 0 Å². The summed E-state index contributed by atoms with van der Waals surface area (Å²) >= 11 is 0. The summed E-state index contributed by atoms with van der Waals surface area (Å²) in [4.78, 5) is 11.8. The summed E-state index contributed by atoms with van der Waals surface area (Å²) in [6.45, 7) is 2.02. The van der Waals surface area contributed by atoms with E-state index in [1.165, 1.54) is 0 Å². The first-order valence-electron chi connectivity index (χ1n) is 8.02. The number of rotatable bonds is 8. The number of alkyl halides is 6. The third-order valence-corrected chi connectivity index (χ3v) is 3.55. The third kappa shape index (κ3) is 7.36. The Morgan fingerprint density at radius 3 is 1.80 bits per heavy atom. The molecule has 25 heavy (non-hydrogen) atoms. The Labute approximate surface area is 142 Å². The van der Waals surface area contributed by atoms with Crippen LogP contribution in [0.5, 0.6) is 0 Å². The molecular formula is C17H20F6O2. The SMILES string of the molecule is CCCCCCCCOC(=O)c1cc(C(F)(F)F)cc(C(F)(F)F)c1.